The van der Waals surface area contributed by atoms with Gasteiger partial charge in [0.2, 0.25) is 5.91 Å². The maximum absolute atomic E-state index is 13.0. The van der Waals surface area contributed by atoms with Crippen LogP contribution >= 0.6 is 24.0 Å². The minimum Gasteiger partial charge on any atom is -0.328 e. The molecule has 6 nitrogen and oxygen atoms in total. The number of rotatable bonds is 3. The number of para-hydroxylation sites is 2. The van der Waals surface area contributed by atoms with Crippen molar-refractivity contribution >= 4 is 68.6 Å². The summed E-state index contributed by atoms with van der Waals surface area (Å²) in [6.07, 6.45) is 1.77. The lowest BCUT2D eigenvalue weighted by molar-refractivity contribution is -0.114. The first-order valence-electron chi connectivity index (χ1n) is 8.51. The Kier molecular flexibility index (Phi) is 4.74. The highest BCUT2D eigenvalue weighted by Gasteiger charge is 2.33. The van der Waals surface area contributed by atoms with E-state index in [0.717, 1.165) is 11.0 Å². The zero-order valence-corrected chi connectivity index (χ0v) is 16.8. The standard InChI is InChI=1S/C20H16N4O2S2/c1-12(25)21-13-7-9-14(10-8-13)24-19(26)17(28-20(24)27)11-18-22-15-5-3-4-6-16(15)23(18)2/h3-11H,1-2H3,(H,21,25)/b17-11+. The molecule has 0 saturated carbocycles. The van der Waals surface area contributed by atoms with E-state index in [0.29, 0.717) is 26.4 Å². The number of aromatic nitrogens is 2. The largest absolute Gasteiger partial charge is 0.328 e. The number of fused-ring (bicyclic) bond motifs is 1. The van der Waals surface area contributed by atoms with E-state index < -0.39 is 0 Å². The van der Waals surface area contributed by atoms with Crippen LogP contribution in [-0.2, 0) is 16.6 Å². The van der Waals surface area contributed by atoms with Crippen molar-refractivity contribution in [3.63, 3.8) is 0 Å². The molecule has 4 rings (SSSR count). The van der Waals surface area contributed by atoms with Gasteiger partial charge in [-0.1, -0.05) is 36.1 Å². The second kappa shape index (κ2) is 7.21. The minimum absolute atomic E-state index is 0.149. The van der Waals surface area contributed by atoms with Gasteiger partial charge in [0, 0.05) is 25.7 Å². The number of aryl methyl sites for hydroxylation is 1. The molecule has 0 bridgehead atoms. The maximum atomic E-state index is 13.0. The van der Waals surface area contributed by atoms with Crippen LogP contribution in [0.3, 0.4) is 0 Å². The van der Waals surface area contributed by atoms with E-state index in [2.05, 4.69) is 10.3 Å². The molecule has 0 atom stereocenters. The van der Waals surface area contributed by atoms with Crippen LogP contribution in [0.2, 0.25) is 0 Å². The van der Waals surface area contributed by atoms with Crippen molar-refractivity contribution < 1.29 is 9.59 Å². The van der Waals surface area contributed by atoms with Crippen molar-refractivity contribution in [2.75, 3.05) is 10.2 Å². The lowest BCUT2D eigenvalue weighted by Crippen LogP contribution is -2.27. The number of imidazole rings is 1. The number of nitrogens with one attached hydrogen (secondary N) is 1. The van der Waals surface area contributed by atoms with Crippen LogP contribution in [0.4, 0.5) is 11.4 Å². The van der Waals surface area contributed by atoms with Crippen LogP contribution < -0.4 is 10.2 Å². The van der Waals surface area contributed by atoms with E-state index in [-0.39, 0.29) is 11.8 Å². The molecule has 2 heterocycles. The normalized spacial score (nSPS) is 15.6. The van der Waals surface area contributed by atoms with Gasteiger partial charge in [0.15, 0.2) is 4.32 Å². The molecule has 1 aromatic heterocycles. The van der Waals surface area contributed by atoms with E-state index in [1.54, 1.807) is 30.3 Å². The molecule has 1 aliphatic heterocycles. The molecule has 2 aromatic carbocycles. The van der Waals surface area contributed by atoms with Gasteiger partial charge < -0.3 is 9.88 Å². The third-order valence-corrected chi connectivity index (χ3v) is 5.62. The van der Waals surface area contributed by atoms with Crippen molar-refractivity contribution in [1.82, 2.24) is 9.55 Å². The molecule has 0 radical (unpaired) electrons. The molecule has 3 aromatic rings. The van der Waals surface area contributed by atoms with Gasteiger partial charge in [0.1, 0.15) is 5.82 Å². The number of benzene rings is 2. The highest BCUT2D eigenvalue weighted by Crippen LogP contribution is 2.36. The van der Waals surface area contributed by atoms with Gasteiger partial charge in [-0.2, -0.15) is 0 Å². The summed E-state index contributed by atoms with van der Waals surface area (Å²) >= 11 is 6.67. The highest BCUT2D eigenvalue weighted by molar-refractivity contribution is 8.27. The van der Waals surface area contributed by atoms with Crippen molar-refractivity contribution in [1.29, 1.82) is 0 Å². The fraction of sp³-hybridized carbons (Fsp3) is 0.100. The summed E-state index contributed by atoms with van der Waals surface area (Å²) in [6, 6.07) is 14.8. The number of thioether (sulfide) groups is 1. The second-order valence-corrected chi connectivity index (χ2v) is 7.94. The molecular weight excluding hydrogens is 392 g/mol. The Morgan fingerprint density at radius 2 is 1.89 bits per heavy atom. The van der Waals surface area contributed by atoms with Crippen LogP contribution in [0.1, 0.15) is 12.7 Å². The minimum atomic E-state index is -0.186. The van der Waals surface area contributed by atoms with Gasteiger partial charge in [-0.3, -0.25) is 14.5 Å². The average molecular weight is 409 g/mol. The summed E-state index contributed by atoms with van der Waals surface area (Å²) in [5.41, 5.74) is 3.19. The number of hydrogen-bond acceptors (Lipinski definition) is 5. The predicted molar refractivity (Wildman–Crippen MR) is 117 cm³/mol. The van der Waals surface area contributed by atoms with Crippen LogP contribution in [0.15, 0.2) is 53.4 Å². The molecule has 0 spiro atoms. The summed E-state index contributed by atoms with van der Waals surface area (Å²) in [5.74, 6) is 0.362. The smallest absolute Gasteiger partial charge is 0.270 e. The second-order valence-electron chi connectivity index (χ2n) is 6.26. The summed E-state index contributed by atoms with van der Waals surface area (Å²) in [4.78, 5) is 30.7. The first-order chi connectivity index (χ1) is 13.4. The van der Waals surface area contributed by atoms with Crippen molar-refractivity contribution in [2.45, 2.75) is 6.92 Å². The first-order valence-corrected chi connectivity index (χ1v) is 9.73. The Morgan fingerprint density at radius 1 is 1.18 bits per heavy atom. The third-order valence-electron chi connectivity index (χ3n) is 4.32. The summed E-state index contributed by atoms with van der Waals surface area (Å²) in [5, 5.41) is 2.70. The van der Waals surface area contributed by atoms with E-state index in [1.165, 1.54) is 23.6 Å². The Balaban J connectivity index is 1.64. The first kappa shape index (κ1) is 18.4. The molecule has 2 amide bonds. The molecule has 0 unspecified atom stereocenters. The Bertz CT molecular complexity index is 1150. The monoisotopic (exact) mass is 408 g/mol. The van der Waals surface area contributed by atoms with E-state index >= 15 is 0 Å². The van der Waals surface area contributed by atoms with Gasteiger partial charge in [-0.05, 0) is 36.4 Å². The molecule has 140 valence electrons. The quantitative estimate of drug-likeness (QED) is 0.525. The van der Waals surface area contributed by atoms with Gasteiger partial charge in [0.25, 0.3) is 5.91 Å². The molecule has 0 aliphatic carbocycles. The van der Waals surface area contributed by atoms with Crippen LogP contribution in [0.25, 0.3) is 17.1 Å². The summed E-state index contributed by atoms with van der Waals surface area (Å²) in [7, 11) is 1.92. The Hall–Kier alpha value is -2.97. The maximum Gasteiger partial charge on any atom is 0.270 e. The number of carbonyl (C=O) groups excluding carboxylic acids is 2. The Labute approximate surface area is 171 Å². The van der Waals surface area contributed by atoms with Gasteiger partial charge in [-0.15, -0.1) is 0 Å². The molecule has 1 aliphatic rings. The number of amides is 2. The van der Waals surface area contributed by atoms with Crippen LogP contribution in [-0.4, -0.2) is 25.7 Å². The van der Waals surface area contributed by atoms with Crippen LogP contribution in [0, 0.1) is 0 Å². The molecule has 1 saturated heterocycles. The average Bonchev–Trinajstić information content (AvgIpc) is 3.12. The van der Waals surface area contributed by atoms with Crippen molar-refractivity contribution in [3.8, 4) is 0 Å². The van der Waals surface area contributed by atoms with Crippen LogP contribution in [0.5, 0.6) is 0 Å². The SMILES string of the molecule is CC(=O)Nc1ccc(N2C(=O)/C(=C\c3nc4ccccc4n3C)SC2=S)cc1. The number of nitrogens with zero attached hydrogens (tertiary/aromatic N) is 3. The summed E-state index contributed by atoms with van der Waals surface area (Å²) in [6.45, 7) is 1.45. The van der Waals surface area contributed by atoms with Crippen molar-refractivity contribution in [3.05, 3.63) is 59.3 Å². The zero-order valence-electron chi connectivity index (χ0n) is 15.2. The van der Waals surface area contributed by atoms with E-state index in [9.17, 15) is 9.59 Å². The van der Waals surface area contributed by atoms with Gasteiger partial charge in [-0.25, -0.2) is 4.98 Å². The summed E-state index contributed by atoms with van der Waals surface area (Å²) < 4.78 is 2.41. The van der Waals surface area contributed by atoms with Gasteiger partial charge in [0.05, 0.1) is 21.6 Å². The molecule has 28 heavy (non-hydrogen) atoms. The number of hydrogen-bond donors (Lipinski definition) is 1. The highest BCUT2D eigenvalue weighted by atomic mass is 32.2. The number of thiocarbonyl (C=S) groups is 1. The molecule has 1 fully saturated rings. The van der Waals surface area contributed by atoms with E-state index in [4.69, 9.17) is 12.2 Å². The lowest BCUT2D eigenvalue weighted by Gasteiger charge is -2.15. The fourth-order valence-corrected chi connectivity index (χ4v) is 4.27. The number of anilines is 2. The lowest BCUT2D eigenvalue weighted by atomic mass is 10.2. The molecule has 8 heteroatoms. The molecular formula is C20H16N4O2S2. The van der Waals surface area contributed by atoms with Gasteiger partial charge >= 0.3 is 0 Å². The predicted octanol–water partition coefficient (Wildman–Crippen LogP) is 3.94. The topological polar surface area (TPSA) is 67.2 Å². The fourth-order valence-electron chi connectivity index (χ4n) is 3.00. The van der Waals surface area contributed by atoms with Crippen molar-refractivity contribution in [2.24, 2.45) is 7.05 Å². The number of carbonyl (C=O) groups is 2. The van der Waals surface area contributed by atoms with E-state index in [1.807, 2.05) is 35.9 Å². The zero-order chi connectivity index (χ0) is 19.8. The Morgan fingerprint density at radius 3 is 2.57 bits per heavy atom. The third kappa shape index (κ3) is 3.32. The molecule has 1 N–H and O–H groups in total.